The minimum absolute atomic E-state index is 0.00767. The number of nitrogens with one attached hydrogen (secondary N) is 1. The Balaban J connectivity index is 2.22. The second-order valence-electron chi connectivity index (χ2n) is 6.92. The number of rotatable bonds is 8. The molecule has 6 heteroatoms. The Labute approximate surface area is 161 Å². The highest BCUT2D eigenvalue weighted by Crippen LogP contribution is 2.23. The monoisotopic (exact) mass is 391 g/mol. The zero-order valence-corrected chi connectivity index (χ0v) is 16.9. The summed E-state index contributed by atoms with van der Waals surface area (Å²) in [5, 5.41) is 0. The van der Waals surface area contributed by atoms with Gasteiger partial charge < -0.3 is 4.74 Å². The maximum absolute atomic E-state index is 13.0. The number of ether oxygens (including phenoxy) is 1. The van der Waals surface area contributed by atoms with E-state index < -0.39 is 16.1 Å². The van der Waals surface area contributed by atoms with Crippen LogP contribution in [0.2, 0.25) is 0 Å². The Morgan fingerprint density at radius 3 is 2.19 bits per heavy atom. The number of hydrogen-bond donors (Lipinski definition) is 1. The van der Waals surface area contributed by atoms with E-state index in [1.807, 2.05) is 13.8 Å². The number of aryl methyl sites for hydroxylation is 2. The van der Waals surface area contributed by atoms with Gasteiger partial charge in [-0.05, 0) is 60.7 Å². The third-order valence-electron chi connectivity index (χ3n) is 4.34. The zero-order chi connectivity index (χ0) is 20.2. The van der Waals surface area contributed by atoms with Crippen LogP contribution in [0.1, 0.15) is 30.5 Å². The molecular formula is C21H26FNO3S. The lowest BCUT2D eigenvalue weighted by Gasteiger charge is -2.24. The van der Waals surface area contributed by atoms with Crippen LogP contribution in [0, 0.1) is 25.6 Å². The molecule has 1 atom stereocenters. The Bertz CT molecular complexity index is 883. The highest BCUT2D eigenvalue weighted by molar-refractivity contribution is 7.89. The largest absolute Gasteiger partial charge is 0.492 e. The van der Waals surface area contributed by atoms with Gasteiger partial charge in [0.15, 0.2) is 0 Å². The van der Waals surface area contributed by atoms with Gasteiger partial charge in [0, 0.05) is 0 Å². The van der Waals surface area contributed by atoms with Gasteiger partial charge in [0.05, 0.1) is 10.9 Å². The van der Waals surface area contributed by atoms with Gasteiger partial charge in [-0.15, -0.1) is 0 Å². The predicted octanol–water partition coefficient (Wildman–Crippen LogP) is 4.47. The van der Waals surface area contributed by atoms with Crippen molar-refractivity contribution in [1.29, 1.82) is 0 Å². The van der Waals surface area contributed by atoms with Crippen molar-refractivity contribution in [2.24, 2.45) is 5.92 Å². The molecule has 0 amide bonds. The van der Waals surface area contributed by atoms with Crippen LogP contribution in [0.15, 0.2) is 47.9 Å². The molecule has 0 saturated carbocycles. The van der Waals surface area contributed by atoms with Crippen molar-refractivity contribution in [3.05, 3.63) is 65.5 Å². The first-order valence-corrected chi connectivity index (χ1v) is 10.3. The molecule has 2 rings (SSSR count). The van der Waals surface area contributed by atoms with E-state index in [0.717, 1.165) is 5.56 Å². The van der Waals surface area contributed by atoms with E-state index >= 15 is 0 Å². The molecule has 27 heavy (non-hydrogen) atoms. The Hall–Kier alpha value is -2.18. The van der Waals surface area contributed by atoms with Gasteiger partial charge >= 0.3 is 0 Å². The summed E-state index contributed by atoms with van der Waals surface area (Å²) in [4.78, 5) is 0.278. The maximum Gasteiger partial charge on any atom is 0.241 e. The topological polar surface area (TPSA) is 55.4 Å². The summed E-state index contributed by atoms with van der Waals surface area (Å²) in [5.41, 5.74) is 2.21. The predicted molar refractivity (Wildman–Crippen MR) is 107 cm³/mol. The molecule has 0 spiro atoms. The normalized spacial score (nSPS) is 12.8. The third kappa shape index (κ3) is 5.40. The summed E-state index contributed by atoms with van der Waals surface area (Å²) in [6.07, 6.45) is 1.69. The molecule has 0 fully saturated rings. The molecule has 0 saturated heterocycles. The fraction of sp³-hybridized carbons (Fsp3) is 0.333. The van der Waals surface area contributed by atoms with Gasteiger partial charge in [-0.1, -0.05) is 38.6 Å². The second-order valence-corrected chi connectivity index (χ2v) is 8.58. The average molecular weight is 392 g/mol. The van der Waals surface area contributed by atoms with Gasteiger partial charge in [-0.25, -0.2) is 17.5 Å². The number of hydrogen-bond acceptors (Lipinski definition) is 3. The highest BCUT2D eigenvalue weighted by Gasteiger charge is 2.26. The van der Waals surface area contributed by atoms with Crippen LogP contribution in [-0.4, -0.2) is 21.1 Å². The maximum atomic E-state index is 13.0. The van der Waals surface area contributed by atoms with E-state index in [-0.39, 0.29) is 23.2 Å². The van der Waals surface area contributed by atoms with Gasteiger partial charge in [0.1, 0.15) is 18.2 Å². The summed E-state index contributed by atoms with van der Waals surface area (Å²) < 4.78 is 47.4. The molecule has 146 valence electrons. The van der Waals surface area contributed by atoms with Crippen molar-refractivity contribution in [2.45, 2.75) is 38.6 Å². The molecule has 0 aliphatic heterocycles. The molecule has 0 radical (unpaired) electrons. The summed E-state index contributed by atoms with van der Waals surface area (Å²) in [6, 6.07) is 8.81. The van der Waals surface area contributed by atoms with E-state index in [4.69, 9.17) is 4.74 Å². The lowest BCUT2D eigenvalue weighted by Crippen LogP contribution is -2.43. The minimum Gasteiger partial charge on any atom is -0.492 e. The van der Waals surface area contributed by atoms with Gasteiger partial charge in [-0.2, -0.15) is 0 Å². The molecular weight excluding hydrogens is 365 g/mol. The summed E-state index contributed by atoms with van der Waals surface area (Å²) in [7, 11) is -3.73. The lowest BCUT2D eigenvalue weighted by molar-refractivity contribution is 0.247. The van der Waals surface area contributed by atoms with Crippen LogP contribution >= 0.6 is 0 Å². The van der Waals surface area contributed by atoms with Crippen LogP contribution in [0.4, 0.5) is 4.39 Å². The van der Waals surface area contributed by atoms with Crippen molar-refractivity contribution in [3.63, 3.8) is 0 Å². The van der Waals surface area contributed by atoms with Crippen LogP contribution in [0.3, 0.4) is 0 Å². The summed E-state index contributed by atoms with van der Waals surface area (Å²) >= 11 is 0. The van der Waals surface area contributed by atoms with Crippen molar-refractivity contribution in [3.8, 4) is 5.75 Å². The molecule has 4 nitrogen and oxygen atoms in total. The molecule has 2 aromatic carbocycles. The number of halogens is 1. The van der Waals surface area contributed by atoms with Crippen LogP contribution < -0.4 is 9.46 Å². The minimum atomic E-state index is -3.73. The standard InChI is InChI=1S/C21H26FNO3S/c1-6-17-11-15(4)21(16(5)12-17)27(24,25)23-20(14(2)3)13-26-19-9-7-18(22)8-10-19/h6-12,14,20,23H,1,13H2,2-5H3. The number of sulfonamides is 1. The van der Waals surface area contributed by atoms with Crippen molar-refractivity contribution in [1.82, 2.24) is 4.72 Å². The molecule has 0 aliphatic rings. The van der Waals surface area contributed by atoms with E-state index in [2.05, 4.69) is 11.3 Å². The molecule has 2 aromatic rings. The third-order valence-corrected chi connectivity index (χ3v) is 6.14. The first-order valence-electron chi connectivity index (χ1n) is 8.78. The van der Waals surface area contributed by atoms with Crippen LogP contribution in [-0.2, 0) is 10.0 Å². The quantitative estimate of drug-likeness (QED) is 0.722. The molecule has 0 bridgehead atoms. The molecule has 0 aromatic heterocycles. The Morgan fingerprint density at radius 2 is 1.70 bits per heavy atom. The van der Waals surface area contributed by atoms with E-state index in [1.54, 1.807) is 32.1 Å². The molecule has 0 heterocycles. The molecule has 1 unspecified atom stereocenters. The van der Waals surface area contributed by atoms with E-state index in [0.29, 0.717) is 16.9 Å². The fourth-order valence-corrected chi connectivity index (χ4v) is 4.69. The Morgan fingerprint density at radius 1 is 1.15 bits per heavy atom. The van der Waals surface area contributed by atoms with Gasteiger partial charge in [-0.3, -0.25) is 0 Å². The van der Waals surface area contributed by atoms with E-state index in [9.17, 15) is 12.8 Å². The Kier molecular flexibility index (Phi) is 6.78. The lowest BCUT2D eigenvalue weighted by atomic mass is 10.1. The zero-order valence-electron chi connectivity index (χ0n) is 16.1. The van der Waals surface area contributed by atoms with Crippen molar-refractivity contribution < 1.29 is 17.5 Å². The van der Waals surface area contributed by atoms with Crippen LogP contribution in [0.5, 0.6) is 5.75 Å². The average Bonchev–Trinajstić information content (AvgIpc) is 2.58. The summed E-state index contributed by atoms with van der Waals surface area (Å²) in [6.45, 7) is 11.3. The fourth-order valence-electron chi connectivity index (χ4n) is 2.86. The SMILES string of the molecule is C=Cc1cc(C)c(S(=O)(=O)NC(COc2ccc(F)cc2)C(C)C)c(C)c1. The first kappa shape index (κ1) is 21.1. The second kappa shape index (κ2) is 8.67. The highest BCUT2D eigenvalue weighted by atomic mass is 32.2. The first-order chi connectivity index (χ1) is 12.6. The van der Waals surface area contributed by atoms with Gasteiger partial charge in [0.25, 0.3) is 0 Å². The van der Waals surface area contributed by atoms with Crippen molar-refractivity contribution >= 4 is 16.1 Å². The number of benzene rings is 2. The van der Waals surface area contributed by atoms with Crippen molar-refractivity contribution in [2.75, 3.05) is 6.61 Å². The van der Waals surface area contributed by atoms with E-state index in [1.165, 1.54) is 24.3 Å². The summed E-state index contributed by atoms with van der Waals surface area (Å²) in [5.74, 6) is 0.148. The van der Waals surface area contributed by atoms with Crippen LogP contribution in [0.25, 0.3) is 6.08 Å². The molecule has 0 aliphatic carbocycles. The van der Waals surface area contributed by atoms with Gasteiger partial charge in [0.2, 0.25) is 10.0 Å². The molecule has 1 N–H and O–H groups in total. The smallest absolute Gasteiger partial charge is 0.241 e.